The fraction of sp³-hybridized carbons (Fsp3) is 0.0435. The summed E-state index contributed by atoms with van der Waals surface area (Å²) in [6, 6.07) is 16.0. The first-order valence-electron chi connectivity index (χ1n) is 9.79. The molecule has 0 radical (unpaired) electrons. The summed E-state index contributed by atoms with van der Waals surface area (Å²) in [6.07, 6.45) is 3.28. The maximum atomic E-state index is 13.6. The second-order valence-electron chi connectivity index (χ2n) is 6.71. The molecule has 2 aromatic heterocycles. The summed E-state index contributed by atoms with van der Waals surface area (Å²) in [5.74, 6) is 0.932. The molecule has 0 saturated carbocycles. The molecule has 0 atom stereocenters. The summed E-state index contributed by atoms with van der Waals surface area (Å²) in [7, 11) is 1.74. The van der Waals surface area contributed by atoms with Gasteiger partial charge in [0.25, 0.3) is 0 Å². The van der Waals surface area contributed by atoms with Crippen molar-refractivity contribution in [1.29, 1.82) is 0 Å². The number of urea groups is 1. The summed E-state index contributed by atoms with van der Waals surface area (Å²) in [6.45, 7) is 0. The van der Waals surface area contributed by atoms with Crippen molar-refractivity contribution in [3.8, 4) is 22.9 Å². The number of hydrogen-bond acceptors (Lipinski definition) is 6. The van der Waals surface area contributed by atoms with Crippen LogP contribution in [0.1, 0.15) is 0 Å². The molecule has 0 bridgehead atoms. The van der Waals surface area contributed by atoms with Gasteiger partial charge < -0.3 is 20.7 Å². The second-order valence-corrected chi connectivity index (χ2v) is 7.56. The number of halogens is 2. The van der Waals surface area contributed by atoms with E-state index in [1.807, 2.05) is 6.07 Å². The normalized spacial score (nSPS) is 10.4. The number of rotatable bonds is 6. The number of anilines is 3. The Labute approximate surface area is 197 Å². The third kappa shape index (κ3) is 5.60. The van der Waals surface area contributed by atoms with Crippen LogP contribution in [-0.4, -0.2) is 28.0 Å². The highest BCUT2D eigenvalue weighted by atomic mass is 79.9. The molecule has 0 aliphatic rings. The average Bonchev–Trinajstić information content (AvgIpc) is 2.83. The van der Waals surface area contributed by atoms with Gasteiger partial charge in [-0.2, -0.15) is 0 Å². The highest BCUT2D eigenvalue weighted by Gasteiger charge is 2.11. The number of nitrogens with one attached hydrogen (secondary N) is 3. The van der Waals surface area contributed by atoms with Crippen molar-refractivity contribution in [3.63, 3.8) is 0 Å². The first-order valence-corrected chi connectivity index (χ1v) is 10.6. The molecule has 0 fully saturated rings. The van der Waals surface area contributed by atoms with Crippen LogP contribution in [0, 0.1) is 5.82 Å². The van der Waals surface area contributed by atoms with Crippen LogP contribution in [0.25, 0.3) is 11.3 Å². The fourth-order valence-corrected chi connectivity index (χ4v) is 3.13. The lowest BCUT2D eigenvalue weighted by Gasteiger charge is -2.11. The van der Waals surface area contributed by atoms with Crippen LogP contribution in [0.4, 0.5) is 26.5 Å². The number of ether oxygens (including phenoxy) is 1. The van der Waals surface area contributed by atoms with Gasteiger partial charge in [-0.15, -0.1) is 0 Å². The molecule has 4 rings (SSSR count). The zero-order valence-electron chi connectivity index (χ0n) is 17.3. The molecule has 2 heterocycles. The van der Waals surface area contributed by atoms with E-state index in [9.17, 15) is 9.18 Å². The van der Waals surface area contributed by atoms with Gasteiger partial charge in [0.05, 0.1) is 15.7 Å². The number of amides is 2. The van der Waals surface area contributed by atoms with Crippen molar-refractivity contribution in [2.24, 2.45) is 0 Å². The van der Waals surface area contributed by atoms with E-state index in [1.165, 1.54) is 12.1 Å². The third-order valence-electron chi connectivity index (χ3n) is 4.43. The van der Waals surface area contributed by atoms with Crippen LogP contribution in [0.5, 0.6) is 11.6 Å². The lowest BCUT2D eigenvalue weighted by Crippen LogP contribution is -2.19. The van der Waals surface area contributed by atoms with Crippen LogP contribution in [0.3, 0.4) is 0 Å². The Balaban J connectivity index is 1.44. The Kier molecular flexibility index (Phi) is 6.75. The summed E-state index contributed by atoms with van der Waals surface area (Å²) in [5.41, 5.74) is 2.24. The lowest BCUT2D eigenvalue weighted by molar-refractivity contribution is 0.262. The monoisotopic (exact) mass is 508 g/mol. The Morgan fingerprint density at radius 1 is 0.970 bits per heavy atom. The van der Waals surface area contributed by atoms with E-state index in [-0.39, 0.29) is 0 Å². The Morgan fingerprint density at radius 3 is 2.48 bits per heavy atom. The second kappa shape index (κ2) is 10.0. The van der Waals surface area contributed by atoms with E-state index in [0.29, 0.717) is 44.7 Å². The molecule has 166 valence electrons. The minimum Gasteiger partial charge on any atom is -0.438 e. The molecule has 2 amide bonds. The largest absolute Gasteiger partial charge is 0.438 e. The number of carbonyl (C=O) groups excluding carboxylic acids is 1. The fourth-order valence-electron chi connectivity index (χ4n) is 2.88. The van der Waals surface area contributed by atoms with E-state index in [1.54, 1.807) is 61.9 Å². The van der Waals surface area contributed by atoms with E-state index in [4.69, 9.17) is 4.74 Å². The van der Waals surface area contributed by atoms with Gasteiger partial charge in [0, 0.05) is 30.8 Å². The molecule has 33 heavy (non-hydrogen) atoms. The van der Waals surface area contributed by atoms with Crippen LogP contribution < -0.4 is 20.7 Å². The van der Waals surface area contributed by atoms with Crippen molar-refractivity contribution < 1.29 is 13.9 Å². The van der Waals surface area contributed by atoms with Gasteiger partial charge in [0.15, 0.2) is 0 Å². The van der Waals surface area contributed by atoms with Crippen molar-refractivity contribution in [3.05, 3.63) is 83.3 Å². The maximum Gasteiger partial charge on any atom is 0.323 e. The average molecular weight is 509 g/mol. The molecule has 4 aromatic rings. The van der Waals surface area contributed by atoms with Crippen LogP contribution in [0.2, 0.25) is 0 Å². The summed E-state index contributed by atoms with van der Waals surface area (Å²) < 4.78 is 19.9. The predicted octanol–water partition coefficient (Wildman–Crippen LogP) is 5.92. The van der Waals surface area contributed by atoms with Gasteiger partial charge >= 0.3 is 6.03 Å². The molecule has 10 heteroatoms. The standard InChI is InChI=1S/C23H18BrFN6O2/c1-26-22-28-12-10-20(31-22)17-3-2-11-27-21(17)33-16-7-4-14(5-8-16)29-23(32)30-15-6-9-18(24)19(25)13-15/h2-13H,1H3,(H,26,28,31)(H2,29,30,32). The number of benzene rings is 2. The topological polar surface area (TPSA) is 101 Å². The molecule has 2 aromatic carbocycles. The van der Waals surface area contributed by atoms with E-state index < -0.39 is 11.8 Å². The molecular weight excluding hydrogens is 491 g/mol. The van der Waals surface area contributed by atoms with Crippen molar-refractivity contribution >= 4 is 39.3 Å². The minimum atomic E-state index is -0.499. The minimum absolute atomic E-state index is 0.322. The zero-order chi connectivity index (χ0) is 23.2. The quantitative estimate of drug-likeness (QED) is 0.299. The molecule has 0 saturated heterocycles. The summed E-state index contributed by atoms with van der Waals surface area (Å²) in [4.78, 5) is 25.1. The Bertz CT molecular complexity index is 1290. The van der Waals surface area contributed by atoms with Crippen molar-refractivity contribution in [2.45, 2.75) is 0 Å². The maximum absolute atomic E-state index is 13.6. The molecule has 8 nitrogen and oxygen atoms in total. The smallest absolute Gasteiger partial charge is 0.323 e. The van der Waals surface area contributed by atoms with Gasteiger partial charge in [0.1, 0.15) is 11.6 Å². The highest BCUT2D eigenvalue weighted by Crippen LogP contribution is 2.31. The summed E-state index contributed by atoms with van der Waals surface area (Å²) in [5, 5.41) is 8.17. The van der Waals surface area contributed by atoms with Crippen molar-refractivity contribution in [1.82, 2.24) is 15.0 Å². The van der Waals surface area contributed by atoms with E-state index >= 15 is 0 Å². The van der Waals surface area contributed by atoms with Gasteiger partial charge in [-0.1, -0.05) is 0 Å². The van der Waals surface area contributed by atoms with E-state index in [2.05, 4.69) is 46.8 Å². The van der Waals surface area contributed by atoms with Gasteiger partial charge in [-0.3, -0.25) is 0 Å². The van der Waals surface area contributed by atoms with Crippen LogP contribution >= 0.6 is 15.9 Å². The Morgan fingerprint density at radius 2 is 1.73 bits per heavy atom. The number of carbonyl (C=O) groups is 1. The third-order valence-corrected chi connectivity index (χ3v) is 5.07. The lowest BCUT2D eigenvalue weighted by atomic mass is 10.2. The van der Waals surface area contributed by atoms with Crippen molar-refractivity contribution in [2.75, 3.05) is 23.0 Å². The molecule has 0 spiro atoms. The molecule has 0 aliphatic carbocycles. The molecule has 0 unspecified atom stereocenters. The zero-order valence-corrected chi connectivity index (χ0v) is 18.9. The number of hydrogen-bond donors (Lipinski definition) is 3. The Hall–Kier alpha value is -4.05. The van der Waals surface area contributed by atoms with Crippen LogP contribution in [0.15, 0.2) is 77.5 Å². The molecule has 0 aliphatic heterocycles. The first-order chi connectivity index (χ1) is 16.0. The first kappa shape index (κ1) is 22.2. The van der Waals surface area contributed by atoms with Gasteiger partial charge in [-0.25, -0.2) is 24.1 Å². The highest BCUT2D eigenvalue weighted by molar-refractivity contribution is 9.10. The van der Waals surface area contributed by atoms with Crippen LogP contribution in [-0.2, 0) is 0 Å². The number of pyridine rings is 1. The SMILES string of the molecule is CNc1nccc(-c2cccnc2Oc2ccc(NC(=O)Nc3ccc(Br)c(F)c3)cc2)n1. The molecular formula is C23H18BrFN6O2. The van der Waals surface area contributed by atoms with Gasteiger partial charge in [-0.05, 0) is 76.6 Å². The van der Waals surface area contributed by atoms with E-state index in [0.717, 1.165) is 0 Å². The van der Waals surface area contributed by atoms with Gasteiger partial charge in [0.2, 0.25) is 11.8 Å². The predicted molar refractivity (Wildman–Crippen MR) is 128 cm³/mol. The molecule has 3 N–H and O–H groups in total. The summed E-state index contributed by atoms with van der Waals surface area (Å²) >= 11 is 3.08. The number of nitrogens with zero attached hydrogens (tertiary/aromatic N) is 3. The number of aromatic nitrogens is 3.